The molecule has 27 heavy (non-hydrogen) atoms. The fourth-order valence-corrected chi connectivity index (χ4v) is 5.95. The predicted molar refractivity (Wildman–Crippen MR) is 113 cm³/mol. The molecule has 0 saturated heterocycles. The standard InChI is InChI=1S/C18H20BrN2O4PS/c1-3-24-26(23,25-4-2)17(13-11-12(19)9-10-15(13)22)21-18-20-14-7-5-6-8-16(14)27-18/h5-11,17,22H,3-4H2,1-2H3,(H,20,21). The largest absolute Gasteiger partial charge is 0.508 e. The van der Waals surface area contributed by atoms with E-state index in [1.165, 1.54) is 17.4 Å². The van der Waals surface area contributed by atoms with Crippen molar-refractivity contribution < 1.29 is 18.7 Å². The van der Waals surface area contributed by atoms with Crippen LogP contribution in [-0.4, -0.2) is 23.3 Å². The van der Waals surface area contributed by atoms with Crippen LogP contribution in [0.15, 0.2) is 46.9 Å². The minimum Gasteiger partial charge on any atom is -0.508 e. The van der Waals surface area contributed by atoms with E-state index in [-0.39, 0.29) is 19.0 Å². The summed E-state index contributed by atoms with van der Waals surface area (Å²) in [7, 11) is -3.63. The van der Waals surface area contributed by atoms with Gasteiger partial charge < -0.3 is 19.5 Å². The molecule has 0 aliphatic heterocycles. The molecule has 0 radical (unpaired) electrons. The van der Waals surface area contributed by atoms with Crippen molar-refractivity contribution in [1.82, 2.24) is 4.98 Å². The lowest BCUT2D eigenvalue weighted by Crippen LogP contribution is -2.15. The molecule has 0 aliphatic rings. The van der Waals surface area contributed by atoms with Crippen molar-refractivity contribution in [2.45, 2.75) is 19.6 Å². The van der Waals surface area contributed by atoms with Gasteiger partial charge in [-0.2, -0.15) is 0 Å². The second-order valence-corrected chi connectivity index (χ2v) is 9.67. The summed E-state index contributed by atoms with van der Waals surface area (Å²) in [5.74, 6) is -0.910. The highest BCUT2D eigenvalue weighted by atomic mass is 79.9. The fourth-order valence-electron chi connectivity index (χ4n) is 2.67. The average Bonchev–Trinajstić information content (AvgIpc) is 3.05. The van der Waals surface area contributed by atoms with Crippen molar-refractivity contribution in [3.8, 4) is 5.75 Å². The molecule has 0 saturated carbocycles. The highest BCUT2D eigenvalue weighted by Gasteiger charge is 2.39. The summed E-state index contributed by atoms with van der Waals surface area (Å²) in [6, 6.07) is 12.7. The second-order valence-electron chi connectivity index (χ2n) is 5.61. The van der Waals surface area contributed by atoms with Crippen molar-refractivity contribution in [3.05, 3.63) is 52.5 Å². The summed E-state index contributed by atoms with van der Waals surface area (Å²) >= 11 is 4.83. The third-order valence-corrected chi connectivity index (χ3v) is 7.51. The SMILES string of the molecule is CCOP(=O)(OCC)C(Nc1nc2ccccc2s1)c1cc(Br)ccc1O. The quantitative estimate of drug-likeness (QED) is 0.384. The van der Waals surface area contributed by atoms with Gasteiger partial charge in [-0.25, -0.2) is 4.98 Å². The summed E-state index contributed by atoms with van der Waals surface area (Å²) in [4.78, 5) is 4.55. The van der Waals surface area contributed by atoms with E-state index in [1.807, 2.05) is 24.3 Å². The molecule has 2 aromatic carbocycles. The Balaban J connectivity index is 2.08. The fraction of sp³-hybridized carbons (Fsp3) is 0.278. The summed E-state index contributed by atoms with van der Waals surface area (Å²) in [6.07, 6.45) is 0. The van der Waals surface area contributed by atoms with Gasteiger partial charge in [0.2, 0.25) is 0 Å². The van der Waals surface area contributed by atoms with Crippen LogP contribution in [0.4, 0.5) is 5.13 Å². The maximum Gasteiger partial charge on any atom is 0.357 e. The number of aromatic hydroxyl groups is 1. The molecule has 2 N–H and O–H groups in total. The lowest BCUT2D eigenvalue weighted by molar-refractivity contribution is 0.213. The number of hydrogen-bond donors (Lipinski definition) is 2. The number of nitrogens with zero attached hydrogens (tertiary/aromatic N) is 1. The van der Waals surface area contributed by atoms with E-state index in [1.54, 1.807) is 26.0 Å². The highest BCUT2D eigenvalue weighted by molar-refractivity contribution is 9.10. The lowest BCUT2D eigenvalue weighted by Gasteiger charge is -2.27. The molecule has 144 valence electrons. The van der Waals surface area contributed by atoms with Gasteiger partial charge in [0.25, 0.3) is 0 Å². The van der Waals surface area contributed by atoms with Gasteiger partial charge in [0, 0.05) is 10.0 Å². The highest BCUT2D eigenvalue weighted by Crippen LogP contribution is 2.62. The third-order valence-electron chi connectivity index (χ3n) is 3.77. The van der Waals surface area contributed by atoms with E-state index in [4.69, 9.17) is 9.05 Å². The van der Waals surface area contributed by atoms with E-state index in [0.29, 0.717) is 10.7 Å². The van der Waals surface area contributed by atoms with E-state index in [2.05, 4.69) is 26.2 Å². The smallest absolute Gasteiger partial charge is 0.357 e. The number of hydrogen-bond acceptors (Lipinski definition) is 7. The normalized spacial score (nSPS) is 13.0. The van der Waals surface area contributed by atoms with Crippen molar-refractivity contribution in [2.24, 2.45) is 0 Å². The molecule has 9 heteroatoms. The summed E-state index contributed by atoms with van der Waals surface area (Å²) < 4.78 is 26.4. The van der Waals surface area contributed by atoms with Gasteiger partial charge in [0.05, 0.1) is 23.4 Å². The summed E-state index contributed by atoms with van der Waals surface area (Å²) in [5, 5.41) is 14.2. The Morgan fingerprint density at radius 1 is 1.22 bits per heavy atom. The summed E-state index contributed by atoms with van der Waals surface area (Å²) in [5.41, 5.74) is 1.25. The molecule has 6 nitrogen and oxygen atoms in total. The number of phenols is 1. The van der Waals surface area contributed by atoms with Crippen LogP contribution in [0, 0.1) is 0 Å². The molecule has 1 unspecified atom stereocenters. The molecule has 3 rings (SSSR count). The number of thiazole rings is 1. The van der Waals surface area contributed by atoms with Crippen molar-refractivity contribution in [2.75, 3.05) is 18.5 Å². The lowest BCUT2D eigenvalue weighted by atomic mass is 10.2. The molecule has 0 amide bonds. The first kappa shape index (κ1) is 20.3. The predicted octanol–water partition coefficient (Wildman–Crippen LogP) is 6.14. The average molecular weight is 471 g/mol. The van der Waals surface area contributed by atoms with Crippen molar-refractivity contribution in [1.29, 1.82) is 0 Å². The number of nitrogens with one attached hydrogen (secondary N) is 1. The van der Waals surface area contributed by atoms with Crippen LogP contribution in [0.1, 0.15) is 25.2 Å². The third kappa shape index (κ3) is 4.52. The van der Waals surface area contributed by atoms with Gasteiger partial charge >= 0.3 is 7.60 Å². The second kappa shape index (κ2) is 8.71. The Bertz CT molecular complexity index is 938. The minimum absolute atomic E-state index is 0.00329. The Kier molecular flexibility index (Phi) is 6.55. The zero-order valence-electron chi connectivity index (χ0n) is 14.9. The maximum atomic E-state index is 13.5. The minimum atomic E-state index is -3.63. The Hall–Kier alpha value is -1.44. The topological polar surface area (TPSA) is 80.7 Å². The molecule has 0 bridgehead atoms. The molecule has 0 fully saturated rings. The van der Waals surface area contributed by atoms with E-state index in [9.17, 15) is 9.67 Å². The molecule has 3 aromatic rings. The zero-order chi connectivity index (χ0) is 19.4. The Morgan fingerprint density at radius 2 is 1.93 bits per heavy atom. The molecule has 1 aromatic heterocycles. The number of phenolic OH excluding ortho intramolecular Hbond substituents is 1. The van der Waals surface area contributed by atoms with Gasteiger partial charge in [0.1, 0.15) is 5.75 Å². The van der Waals surface area contributed by atoms with Crippen LogP contribution in [-0.2, 0) is 13.6 Å². The first-order chi connectivity index (χ1) is 13.0. The summed E-state index contributed by atoms with van der Waals surface area (Å²) in [6.45, 7) is 3.93. The first-order valence-corrected chi connectivity index (χ1v) is 11.7. The molecule has 1 atom stereocenters. The van der Waals surface area contributed by atoms with Crippen molar-refractivity contribution >= 4 is 50.2 Å². The number of anilines is 1. The molecule has 0 spiro atoms. The number of benzene rings is 2. The van der Waals surface area contributed by atoms with Crippen LogP contribution in [0.2, 0.25) is 0 Å². The monoisotopic (exact) mass is 470 g/mol. The van der Waals surface area contributed by atoms with Gasteiger partial charge in [-0.05, 0) is 44.2 Å². The number of rotatable bonds is 8. The van der Waals surface area contributed by atoms with Gasteiger partial charge in [-0.1, -0.05) is 39.4 Å². The van der Waals surface area contributed by atoms with Crippen molar-refractivity contribution in [3.63, 3.8) is 0 Å². The maximum absolute atomic E-state index is 13.5. The van der Waals surface area contributed by atoms with E-state index in [0.717, 1.165) is 14.7 Å². The molecule has 1 heterocycles. The van der Waals surface area contributed by atoms with Crippen LogP contribution in [0.25, 0.3) is 10.2 Å². The number of para-hydroxylation sites is 1. The van der Waals surface area contributed by atoms with E-state index < -0.39 is 13.4 Å². The molecule has 0 aliphatic carbocycles. The van der Waals surface area contributed by atoms with Crippen LogP contribution in [0.5, 0.6) is 5.75 Å². The Labute approximate surface area is 170 Å². The van der Waals surface area contributed by atoms with Gasteiger partial charge in [0.15, 0.2) is 10.9 Å². The van der Waals surface area contributed by atoms with Gasteiger partial charge in [-0.15, -0.1) is 0 Å². The number of halogens is 1. The van der Waals surface area contributed by atoms with Crippen LogP contribution in [0.3, 0.4) is 0 Å². The Morgan fingerprint density at radius 3 is 2.59 bits per heavy atom. The number of aromatic nitrogens is 1. The van der Waals surface area contributed by atoms with Gasteiger partial charge in [-0.3, -0.25) is 4.57 Å². The first-order valence-electron chi connectivity index (χ1n) is 8.46. The zero-order valence-corrected chi connectivity index (χ0v) is 18.2. The van der Waals surface area contributed by atoms with Crippen LogP contribution >= 0.6 is 34.9 Å². The van der Waals surface area contributed by atoms with E-state index >= 15 is 0 Å². The van der Waals surface area contributed by atoms with Crippen LogP contribution < -0.4 is 5.32 Å². The molecular formula is C18H20BrN2O4PS. The number of fused-ring (bicyclic) bond motifs is 1. The molecular weight excluding hydrogens is 451 g/mol.